The van der Waals surface area contributed by atoms with Crippen LogP contribution in [0, 0.1) is 0 Å². The molecule has 0 bridgehead atoms. The highest BCUT2D eigenvalue weighted by atomic mass is 35.5. The Morgan fingerprint density at radius 3 is 2.67 bits per heavy atom. The van der Waals surface area contributed by atoms with Gasteiger partial charge in [0.15, 0.2) is 0 Å². The van der Waals surface area contributed by atoms with Crippen LogP contribution < -0.4 is 4.72 Å². The maximum Gasteiger partial charge on any atom is 0.234 e. The van der Waals surface area contributed by atoms with Crippen molar-refractivity contribution in [2.24, 2.45) is 0 Å². The first-order chi connectivity index (χ1) is 10.00. The fourth-order valence-electron chi connectivity index (χ4n) is 1.78. The Bertz CT molecular complexity index is 694. The number of hydrogen-bond acceptors (Lipinski definition) is 3. The van der Waals surface area contributed by atoms with Crippen LogP contribution >= 0.6 is 11.6 Å². The first kappa shape index (κ1) is 15.8. The van der Waals surface area contributed by atoms with Gasteiger partial charge in [0, 0.05) is 22.8 Å². The van der Waals surface area contributed by atoms with Crippen LogP contribution in [-0.2, 0) is 10.0 Å². The van der Waals surface area contributed by atoms with Crippen molar-refractivity contribution in [2.45, 2.75) is 19.4 Å². The van der Waals surface area contributed by atoms with E-state index in [0.29, 0.717) is 17.3 Å². The molecule has 1 unspecified atom stereocenters. The summed E-state index contributed by atoms with van der Waals surface area (Å²) in [6.07, 6.45) is 5.38. The molecule has 2 N–H and O–H groups in total. The van der Waals surface area contributed by atoms with Crippen molar-refractivity contribution in [1.29, 1.82) is 0 Å². The van der Waals surface area contributed by atoms with E-state index in [0.717, 1.165) is 11.0 Å². The van der Waals surface area contributed by atoms with Gasteiger partial charge in [0.25, 0.3) is 0 Å². The summed E-state index contributed by atoms with van der Waals surface area (Å²) in [5.74, 6) is 0.598. The number of nitrogens with one attached hydrogen (secondary N) is 2. The molecule has 1 atom stereocenters. The molecule has 112 valence electrons. The van der Waals surface area contributed by atoms with Crippen LogP contribution in [0.15, 0.2) is 42.1 Å². The maximum absolute atomic E-state index is 12.1. The second kappa shape index (κ2) is 6.89. The van der Waals surface area contributed by atoms with Gasteiger partial charge in [-0.05, 0) is 30.2 Å². The molecule has 0 aliphatic carbocycles. The van der Waals surface area contributed by atoms with Gasteiger partial charge < -0.3 is 4.98 Å². The number of sulfonamides is 1. The molecule has 0 amide bonds. The van der Waals surface area contributed by atoms with Crippen molar-refractivity contribution in [2.75, 3.05) is 0 Å². The van der Waals surface area contributed by atoms with E-state index in [-0.39, 0.29) is 6.04 Å². The molecule has 7 heteroatoms. The number of aromatic nitrogens is 2. The molecule has 1 aromatic heterocycles. The number of H-pyrrole nitrogens is 1. The van der Waals surface area contributed by atoms with Gasteiger partial charge in [-0.25, -0.2) is 18.1 Å². The van der Waals surface area contributed by atoms with Crippen molar-refractivity contribution in [1.82, 2.24) is 14.7 Å². The highest BCUT2D eigenvalue weighted by molar-refractivity contribution is 7.92. The van der Waals surface area contributed by atoms with Crippen LogP contribution in [0.5, 0.6) is 0 Å². The van der Waals surface area contributed by atoms with Gasteiger partial charge in [-0.2, -0.15) is 0 Å². The van der Waals surface area contributed by atoms with Crippen molar-refractivity contribution in [3.05, 3.63) is 58.5 Å². The molecule has 2 rings (SSSR count). The van der Waals surface area contributed by atoms with E-state index in [9.17, 15) is 8.42 Å². The average Bonchev–Trinajstić information content (AvgIpc) is 2.98. The van der Waals surface area contributed by atoms with Crippen molar-refractivity contribution in [3.63, 3.8) is 0 Å². The third kappa shape index (κ3) is 4.70. The van der Waals surface area contributed by atoms with Gasteiger partial charge in [0.2, 0.25) is 10.0 Å². The summed E-state index contributed by atoms with van der Waals surface area (Å²) in [7, 11) is -3.55. The monoisotopic (exact) mass is 325 g/mol. The minimum absolute atomic E-state index is 0.375. The van der Waals surface area contributed by atoms with Crippen LogP contribution in [-0.4, -0.2) is 18.4 Å². The smallest absolute Gasteiger partial charge is 0.234 e. The fraction of sp³-hybridized carbons (Fsp3) is 0.214. The summed E-state index contributed by atoms with van der Waals surface area (Å²) in [6.45, 7) is 1.89. The summed E-state index contributed by atoms with van der Waals surface area (Å²) in [5.41, 5.74) is 0.760. The van der Waals surface area contributed by atoms with Crippen LogP contribution in [0.2, 0.25) is 5.02 Å². The van der Waals surface area contributed by atoms with Gasteiger partial charge >= 0.3 is 0 Å². The predicted octanol–water partition coefficient (Wildman–Crippen LogP) is 3.10. The van der Waals surface area contributed by atoms with E-state index in [1.165, 1.54) is 6.08 Å². The molecule has 0 fully saturated rings. The van der Waals surface area contributed by atoms with E-state index >= 15 is 0 Å². The number of nitrogens with zero attached hydrogens (tertiary/aromatic N) is 1. The van der Waals surface area contributed by atoms with E-state index in [2.05, 4.69) is 14.7 Å². The number of rotatable bonds is 6. The zero-order chi connectivity index (χ0) is 15.3. The Morgan fingerprint density at radius 2 is 2.10 bits per heavy atom. The predicted molar refractivity (Wildman–Crippen MR) is 84.2 cm³/mol. The molecule has 1 heterocycles. The molecule has 21 heavy (non-hydrogen) atoms. The normalized spacial score (nSPS) is 13.6. The topological polar surface area (TPSA) is 74.8 Å². The molecule has 2 aromatic rings. The highest BCUT2D eigenvalue weighted by Gasteiger charge is 2.17. The zero-order valence-corrected chi connectivity index (χ0v) is 13.0. The third-order valence-electron chi connectivity index (χ3n) is 2.87. The number of aromatic amines is 1. The average molecular weight is 326 g/mol. The molecule has 0 saturated carbocycles. The van der Waals surface area contributed by atoms with E-state index < -0.39 is 10.0 Å². The van der Waals surface area contributed by atoms with Crippen LogP contribution in [0.4, 0.5) is 0 Å². The second-order valence-electron chi connectivity index (χ2n) is 4.45. The molecular weight excluding hydrogens is 310 g/mol. The lowest BCUT2D eigenvalue weighted by Crippen LogP contribution is -2.27. The summed E-state index contributed by atoms with van der Waals surface area (Å²) in [4.78, 5) is 6.99. The lowest BCUT2D eigenvalue weighted by Gasteiger charge is -2.12. The molecule has 0 saturated heterocycles. The van der Waals surface area contributed by atoms with E-state index in [1.807, 2.05) is 6.92 Å². The van der Waals surface area contributed by atoms with Gasteiger partial charge in [-0.3, -0.25) is 0 Å². The summed E-state index contributed by atoms with van der Waals surface area (Å²) in [6, 6.07) is 6.54. The van der Waals surface area contributed by atoms with Gasteiger partial charge in [-0.15, -0.1) is 0 Å². The molecule has 0 aliphatic heterocycles. The minimum atomic E-state index is -3.55. The molecule has 0 radical (unpaired) electrons. The number of hydrogen-bond donors (Lipinski definition) is 2. The van der Waals surface area contributed by atoms with Crippen LogP contribution in [0.1, 0.15) is 30.8 Å². The van der Waals surface area contributed by atoms with E-state index in [1.54, 1.807) is 36.7 Å². The largest absolute Gasteiger partial charge is 0.347 e. The second-order valence-corrected chi connectivity index (χ2v) is 6.49. The highest BCUT2D eigenvalue weighted by Crippen LogP contribution is 2.15. The van der Waals surface area contributed by atoms with Crippen molar-refractivity contribution >= 4 is 27.7 Å². The summed E-state index contributed by atoms with van der Waals surface area (Å²) < 4.78 is 26.7. The Morgan fingerprint density at radius 1 is 1.38 bits per heavy atom. The summed E-state index contributed by atoms with van der Waals surface area (Å²) >= 11 is 5.78. The summed E-state index contributed by atoms with van der Waals surface area (Å²) in [5, 5.41) is 1.75. The zero-order valence-electron chi connectivity index (χ0n) is 11.5. The van der Waals surface area contributed by atoms with Gasteiger partial charge in [-0.1, -0.05) is 30.7 Å². The Labute approximate surface area is 129 Å². The standard InChI is InChI=1S/C14H16ClN3O2S/c1-2-13(14-16-8-9-17-14)18-21(19,20)10-7-11-3-5-12(15)6-4-11/h3-10,13,18H,2H2,1H3,(H,16,17)/b10-7+. The van der Waals surface area contributed by atoms with Crippen LogP contribution in [0.3, 0.4) is 0 Å². The third-order valence-corrected chi connectivity index (χ3v) is 4.23. The van der Waals surface area contributed by atoms with Gasteiger partial charge in [0.05, 0.1) is 6.04 Å². The first-order valence-electron chi connectivity index (χ1n) is 6.45. The number of imidazole rings is 1. The lowest BCUT2D eigenvalue weighted by atomic mass is 10.2. The Kier molecular flexibility index (Phi) is 5.17. The SMILES string of the molecule is CCC(NS(=O)(=O)/C=C/c1ccc(Cl)cc1)c1ncc[nH]1. The molecular formula is C14H16ClN3O2S. The Balaban J connectivity index is 2.09. The first-order valence-corrected chi connectivity index (χ1v) is 8.38. The fourth-order valence-corrected chi connectivity index (χ4v) is 3.00. The Hall–Kier alpha value is -1.63. The molecule has 5 nitrogen and oxygen atoms in total. The molecule has 0 spiro atoms. The molecule has 1 aromatic carbocycles. The van der Waals surface area contributed by atoms with Crippen molar-refractivity contribution < 1.29 is 8.42 Å². The molecule has 0 aliphatic rings. The van der Waals surface area contributed by atoms with Crippen LogP contribution in [0.25, 0.3) is 6.08 Å². The van der Waals surface area contributed by atoms with E-state index in [4.69, 9.17) is 11.6 Å². The minimum Gasteiger partial charge on any atom is -0.347 e. The lowest BCUT2D eigenvalue weighted by molar-refractivity contribution is 0.547. The van der Waals surface area contributed by atoms with Crippen molar-refractivity contribution in [3.8, 4) is 0 Å². The number of halogens is 1. The van der Waals surface area contributed by atoms with Gasteiger partial charge in [0.1, 0.15) is 5.82 Å². The maximum atomic E-state index is 12.1. The number of benzene rings is 1. The quantitative estimate of drug-likeness (QED) is 0.857.